The van der Waals surface area contributed by atoms with E-state index in [1.807, 2.05) is 24.3 Å². The van der Waals surface area contributed by atoms with Gasteiger partial charge in [0.25, 0.3) is 5.91 Å². The van der Waals surface area contributed by atoms with Gasteiger partial charge in [-0.1, -0.05) is 12.1 Å². The second-order valence-corrected chi connectivity index (χ2v) is 6.42. The Morgan fingerprint density at radius 2 is 1.81 bits per heavy atom. The minimum Gasteiger partial charge on any atom is -0.465 e. The Bertz CT molecular complexity index is 846. The molecule has 0 bridgehead atoms. The number of rotatable bonds is 5. The Morgan fingerprint density at radius 3 is 2.52 bits per heavy atom. The second kappa shape index (κ2) is 8.49. The molecule has 0 spiro atoms. The molecule has 1 aliphatic rings. The molecule has 0 unspecified atom stereocenters. The molecule has 2 aromatic rings. The van der Waals surface area contributed by atoms with Gasteiger partial charge in [0, 0.05) is 30.8 Å². The van der Waals surface area contributed by atoms with Crippen LogP contribution in [0.25, 0.3) is 0 Å². The predicted octanol–water partition coefficient (Wildman–Crippen LogP) is 2.92. The van der Waals surface area contributed by atoms with Gasteiger partial charge in [0.15, 0.2) is 0 Å². The fraction of sp³-hybridized carbons (Fsp3) is 0.286. The summed E-state index contributed by atoms with van der Waals surface area (Å²) >= 11 is 0. The highest BCUT2D eigenvalue weighted by atomic mass is 16.5. The van der Waals surface area contributed by atoms with Crippen LogP contribution in [0.4, 0.5) is 5.69 Å². The second-order valence-electron chi connectivity index (χ2n) is 6.42. The lowest BCUT2D eigenvalue weighted by Crippen LogP contribution is -2.35. The fourth-order valence-electron chi connectivity index (χ4n) is 3.07. The van der Waals surface area contributed by atoms with Crippen molar-refractivity contribution in [2.45, 2.75) is 25.8 Å². The van der Waals surface area contributed by atoms with E-state index in [0.29, 0.717) is 24.1 Å². The van der Waals surface area contributed by atoms with Crippen LogP contribution in [0, 0.1) is 0 Å². The van der Waals surface area contributed by atoms with Gasteiger partial charge in [0.05, 0.1) is 12.7 Å². The monoisotopic (exact) mass is 366 g/mol. The molecule has 6 heteroatoms. The summed E-state index contributed by atoms with van der Waals surface area (Å²) in [6.07, 6.45) is 2.54. The first-order valence-electron chi connectivity index (χ1n) is 8.94. The first kappa shape index (κ1) is 18.6. The predicted molar refractivity (Wildman–Crippen MR) is 102 cm³/mol. The summed E-state index contributed by atoms with van der Waals surface area (Å²) in [5.74, 6) is -0.523. The molecular formula is C21H22N2O4. The van der Waals surface area contributed by atoms with Crippen LogP contribution in [-0.2, 0) is 16.1 Å². The zero-order chi connectivity index (χ0) is 19.2. The Hall–Kier alpha value is -3.15. The summed E-state index contributed by atoms with van der Waals surface area (Å²) in [5.41, 5.74) is 2.65. The van der Waals surface area contributed by atoms with E-state index in [9.17, 15) is 14.4 Å². The number of nitrogens with one attached hydrogen (secondary N) is 1. The van der Waals surface area contributed by atoms with Crippen molar-refractivity contribution in [2.24, 2.45) is 0 Å². The number of carbonyl (C=O) groups is 3. The van der Waals surface area contributed by atoms with Gasteiger partial charge in [-0.2, -0.15) is 0 Å². The molecule has 1 fully saturated rings. The Kier molecular flexibility index (Phi) is 5.86. The topological polar surface area (TPSA) is 75.7 Å². The van der Waals surface area contributed by atoms with Crippen molar-refractivity contribution in [3.8, 4) is 0 Å². The molecule has 0 aliphatic carbocycles. The molecule has 0 aromatic heterocycles. The molecule has 2 aromatic carbocycles. The van der Waals surface area contributed by atoms with Crippen molar-refractivity contribution in [2.75, 3.05) is 18.6 Å². The molecule has 1 aliphatic heterocycles. The van der Waals surface area contributed by atoms with Crippen LogP contribution in [0.3, 0.4) is 0 Å². The number of methoxy groups -OCH3 is 1. The summed E-state index contributed by atoms with van der Waals surface area (Å²) < 4.78 is 4.64. The van der Waals surface area contributed by atoms with Gasteiger partial charge in [0.2, 0.25) is 5.91 Å². The standard InChI is InChI=1S/C21H22N2O4/c1-27-21(26)17-10-8-16(9-11-17)20(25)22-14-15-5-4-6-18(13-15)23-12-3-2-7-19(23)24/h4-6,8-11,13H,2-3,7,12,14H2,1H3,(H,22,25). The number of ether oxygens (including phenoxy) is 1. The maximum Gasteiger partial charge on any atom is 0.337 e. The van der Waals surface area contributed by atoms with Crippen LogP contribution in [0.1, 0.15) is 45.5 Å². The minimum absolute atomic E-state index is 0.146. The largest absolute Gasteiger partial charge is 0.465 e. The molecule has 0 atom stereocenters. The highest BCUT2D eigenvalue weighted by Gasteiger charge is 2.19. The van der Waals surface area contributed by atoms with E-state index in [4.69, 9.17) is 0 Å². The van der Waals surface area contributed by atoms with E-state index in [2.05, 4.69) is 10.1 Å². The lowest BCUT2D eigenvalue weighted by molar-refractivity contribution is -0.119. The molecule has 140 valence electrons. The third-order valence-corrected chi connectivity index (χ3v) is 4.57. The average molecular weight is 366 g/mol. The number of benzene rings is 2. The van der Waals surface area contributed by atoms with Crippen molar-refractivity contribution in [3.05, 3.63) is 65.2 Å². The zero-order valence-corrected chi connectivity index (χ0v) is 15.2. The zero-order valence-electron chi connectivity index (χ0n) is 15.2. The number of anilines is 1. The van der Waals surface area contributed by atoms with E-state index in [0.717, 1.165) is 30.6 Å². The van der Waals surface area contributed by atoms with E-state index < -0.39 is 5.97 Å². The first-order valence-corrected chi connectivity index (χ1v) is 8.94. The van der Waals surface area contributed by atoms with Crippen molar-refractivity contribution >= 4 is 23.5 Å². The smallest absolute Gasteiger partial charge is 0.337 e. The molecule has 6 nitrogen and oxygen atoms in total. The summed E-state index contributed by atoms with van der Waals surface area (Å²) in [6.45, 7) is 1.09. The van der Waals surface area contributed by atoms with Crippen molar-refractivity contribution in [3.63, 3.8) is 0 Å². The highest BCUT2D eigenvalue weighted by Crippen LogP contribution is 2.22. The number of amides is 2. The number of nitrogens with zero attached hydrogens (tertiary/aromatic N) is 1. The number of hydrogen-bond donors (Lipinski definition) is 1. The van der Waals surface area contributed by atoms with E-state index in [1.54, 1.807) is 29.2 Å². The third kappa shape index (κ3) is 4.53. The Morgan fingerprint density at radius 1 is 1.07 bits per heavy atom. The maximum absolute atomic E-state index is 12.3. The summed E-state index contributed by atoms with van der Waals surface area (Å²) in [5, 5.41) is 2.86. The van der Waals surface area contributed by atoms with Crippen molar-refractivity contribution in [1.29, 1.82) is 0 Å². The summed E-state index contributed by atoms with van der Waals surface area (Å²) in [6, 6.07) is 14.0. The van der Waals surface area contributed by atoms with Crippen LogP contribution >= 0.6 is 0 Å². The van der Waals surface area contributed by atoms with Gasteiger partial charge in [0.1, 0.15) is 0 Å². The number of hydrogen-bond acceptors (Lipinski definition) is 4. The van der Waals surface area contributed by atoms with Crippen LogP contribution < -0.4 is 10.2 Å². The first-order chi connectivity index (χ1) is 13.1. The van der Waals surface area contributed by atoms with E-state index in [-0.39, 0.29) is 11.8 Å². The minimum atomic E-state index is -0.439. The van der Waals surface area contributed by atoms with Crippen molar-refractivity contribution in [1.82, 2.24) is 5.32 Å². The van der Waals surface area contributed by atoms with Gasteiger partial charge in [-0.3, -0.25) is 9.59 Å². The molecule has 3 rings (SSSR count). The molecule has 1 heterocycles. The molecule has 0 saturated carbocycles. The van der Waals surface area contributed by atoms with Crippen LogP contribution in [0.5, 0.6) is 0 Å². The molecule has 27 heavy (non-hydrogen) atoms. The molecule has 2 amide bonds. The van der Waals surface area contributed by atoms with Crippen LogP contribution in [0.15, 0.2) is 48.5 Å². The van der Waals surface area contributed by atoms with Gasteiger partial charge >= 0.3 is 5.97 Å². The lowest BCUT2D eigenvalue weighted by Gasteiger charge is -2.27. The van der Waals surface area contributed by atoms with Gasteiger partial charge < -0.3 is 15.0 Å². The van der Waals surface area contributed by atoms with Crippen LogP contribution in [0.2, 0.25) is 0 Å². The number of esters is 1. The molecule has 1 saturated heterocycles. The fourth-order valence-corrected chi connectivity index (χ4v) is 3.07. The quantitative estimate of drug-likeness (QED) is 0.826. The number of piperidine rings is 1. The Labute approximate surface area is 158 Å². The van der Waals surface area contributed by atoms with E-state index >= 15 is 0 Å². The van der Waals surface area contributed by atoms with Gasteiger partial charge in [-0.25, -0.2) is 4.79 Å². The van der Waals surface area contributed by atoms with Gasteiger partial charge in [-0.15, -0.1) is 0 Å². The maximum atomic E-state index is 12.3. The lowest BCUT2D eigenvalue weighted by atomic mass is 10.1. The summed E-state index contributed by atoms with van der Waals surface area (Å²) in [7, 11) is 1.31. The normalized spacial score (nSPS) is 14.0. The molecule has 0 radical (unpaired) electrons. The number of carbonyl (C=O) groups excluding carboxylic acids is 3. The van der Waals surface area contributed by atoms with Crippen molar-refractivity contribution < 1.29 is 19.1 Å². The average Bonchev–Trinajstić information content (AvgIpc) is 2.72. The molecular weight excluding hydrogens is 344 g/mol. The van der Waals surface area contributed by atoms with Gasteiger partial charge in [-0.05, 0) is 54.8 Å². The summed E-state index contributed by atoms with van der Waals surface area (Å²) in [4.78, 5) is 37.6. The highest BCUT2D eigenvalue weighted by molar-refractivity contribution is 5.96. The SMILES string of the molecule is COC(=O)c1ccc(C(=O)NCc2cccc(N3CCCCC3=O)c2)cc1. The molecule has 1 N–H and O–H groups in total. The van der Waals surface area contributed by atoms with E-state index in [1.165, 1.54) is 7.11 Å². The van der Waals surface area contributed by atoms with Crippen LogP contribution in [-0.4, -0.2) is 31.4 Å². The third-order valence-electron chi connectivity index (χ3n) is 4.57. The Balaban J connectivity index is 1.62.